The predicted molar refractivity (Wildman–Crippen MR) is 50.9 cm³/mol. The molecule has 0 spiro atoms. The van der Waals surface area contributed by atoms with Crippen LogP contribution in [0.1, 0.15) is 19.8 Å². The van der Waals surface area contributed by atoms with Gasteiger partial charge in [-0.2, -0.15) is 0 Å². The van der Waals surface area contributed by atoms with E-state index in [4.69, 9.17) is 0 Å². The van der Waals surface area contributed by atoms with Crippen molar-refractivity contribution in [1.82, 2.24) is 10.1 Å². The number of amides is 1. The maximum Gasteiger partial charge on any atom is 0.290 e. The molecule has 0 saturated carbocycles. The molecule has 1 fully saturated rings. The summed E-state index contributed by atoms with van der Waals surface area (Å²) in [6.45, 7) is 3.17. The summed E-state index contributed by atoms with van der Waals surface area (Å²) in [6, 6.07) is 0.348. The Hall–Kier alpha value is -0.835. The van der Waals surface area contributed by atoms with Crippen LogP contribution in [0.2, 0.25) is 0 Å². The number of rotatable bonds is 3. The molecule has 1 rings (SSSR count). The van der Waals surface area contributed by atoms with Gasteiger partial charge in [-0.3, -0.25) is 4.79 Å². The number of likely N-dealkylation sites (tertiary alicyclic amines) is 1. The second-order valence-electron chi connectivity index (χ2n) is 3.25. The largest absolute Gasteiger partial charge is 0.351 e. The quantitative estimate of drug-likeness (QED) is 0.467. The fraction of sp³-hybridized carbons (Fsp3) is 0.750. The summed E-state index contributed by atoms with van der Waals surface area (Å²) in [7, 11) is 1.42. The average Bonchev–Trinajstić information content (AvgIpc) is 2.15. The van der Waals surface area contributed by atoms with Crippen molar-refractivity contribution < 1.29 is 9.59 Å². The van der Waals surface area contributed by atoms with Crippen LogP contribution < -0.4 is 5.23 Å². The molecule has 1 heterocycles. The van der Waals surface area contributed by atoms with E-state index >= 15 is 0 Å². The first-order valence-electron chi connectivity index (χ1n) is 4.52. The van der Waals surface area contributed by atoms with E-state index in [1.807, 2.05) is 4.90 Å². The summed E-state index contributed by atoms with van der Waals surface area (Å²) in [5, 5.41) is 3.00. The number of nitrogens with one attached hydrogen (secondary N) is 1. The monoisotopic (exact) mass is 181 g/mol. The van der Waals surface area contributed by atoms with Crippen molar-refractivity contribution in [2.45, 2.75) is 25.8 Å². The molecule has 13 heavy (non-hydrogen) atoms. The molecule has 0 atom stereocenters. The van der Waals surface area contributed by atoms with Gasteiger partial charge in [0, 0.05) is 20.0 Å². The van der Waals surface area contributed by atoms with E-state index in [-0.39, 0.29) is 5.91 Å². The molecule has 1 radical (unpaired) electrons. The van der Waals surface area contributed by atoms with Crippen LogP contribution in [0.5, 0.6) is 0 Å². The maximum atomic E-state index is 11.0. The fourth-order valence-corrected chi connectivity index (χ4v) is 1.54. The summed E-state index contributed by atoms with van der Waals surface area (Å²) in [4.78, 5) is 22.8. The highest BCUT2D eigenvalue weighted by Crippen LogP contribution is 2.09. The number of nitrogens with zero attached hydrogens (tertiary/aromatic N) is 1. The Morgan fingerprint density at radius 2 is 2.15 bits per heavy atom. The lowest BCUT2D eigenvalue weighted by molar-refractivity contribution is -0.129. The Kier molecular flexibility index (Phi) is 3.95. The number of hydrogen-bond acceptors (Lipinski definition) is 3. The Labute approximate surface area is 78.9 Å². The number of piperidine rings is 1. The van der Waals surface area contributed by atoms with Crippen molar-refractivity contribution in [3.8, 4) is 0 Å². The maximum absolute atomic E-state index is 11.0. The van der Waals surface area contributed by atoms with Gasteiger partial charge in [0.25, 0.3) is 7.41 Å². The highest BCUT2D eigenvalue weighted by atomic mass is 16.2. The molecule has 1 amide bonds. The third-order valence-electron chi connectivity index (χ3n) is 2.34. The Balaban J connectivity index is 2.22. The van der Waals surface area contributed by atoms with Gasteiger partial charge in [0.15, 0.2) is 0 Å². The average molecular weight is 181 g/mol. The van der Waals surface area contributed by atoms with E-state index in [9.17, 15) is 9.59 Å². The van der Waals surface area contributed by atoms with Gasteiger partial charge in [-0.25, -0.2) is 0 Å². The van der Waals surface area contributed by atoms with Crippen LogP contribution in [0.15, 0.2) is 0 Å². The van der Waals surface area contributed by atoms with E-state index in [0.29, 0.717) is 6.04 Å². The Bertz CT molecular complexity index is 191. The minimum atomic E-state index is 0.137. The molecule has 1 aliphatic rings. The first-order chi connectivity index (χ1) is 6.24. The molecule has 0 bridgehead atoms. The molecule has 0 unspecified atom stereocenters. The first-order valence-corrected chi connectivity index (χ1v) is 4.52. The lowest BCUT2D eigenvalue weighted by Gasteiger charge is -2.31. The smallest absolute Gasteiger partial charge is 0.290 e. The highest BCUT2D eigenvalue weighted by molar-refractivity contribution is 6.64. The molecular weight excluding hydrogens is 167 g/mol. The van der Waals surface area contributed by atoms with Crippen molar-refractivity contribution in [3.63, 3.8) is 0 Å². The molecule has 1 aliphatic heterocycles. The van der Waals surface area contributed by atoms with Crippen LogP contribution >= 0.6 is 0 Å². The van der Waals surface area contributed by atoms with Crippen LogP contribution in [0.3, 0.4) is 0 Å². The third-order valence-corrected chi connectivity index (χ3v) is 2.34. The predicted octanol–water partition coefficient (Wildman–Crippen LogP) is -0.604. The molecule has 1 N–H and O–H groups in total. The third kappa shape index (κ3) is 3.18. The SMILES string of the molecule is CC(=O)N1CCC(N[B]C=O)CC1. The van der Waals surface area contributed by atoms with Gasteiger partial charge >= 0.3 is 0 Å². The van der Waals surface area contributed by atoms with Gasteiger partial charge in [-0.05, 0) is 18.9 Å². The van der Waals surface area contributed by atoms with E-state index in [0.717, 1.165) is 32.1 Å². The lowest BCUT2D eigenvalue weighted by Crippen LogP contribution is -2.45. The molecule has 0 aromatic heterocycles. The normalized spacial score (nSPS) is 18.4. The van der Waals surface area contributed by atoms with Crippen molar-refractivity contribution >= 4 is 19.5 Å². The van der Waals surface area contributed by atoms with Gasteiger partial charge < -0.3 is 14.9 Å². The van der Waals surface area contributed by atoms with Gasteiger partial charge in [-0.1, -0.05) is 0 Å². The molecule has 5 heteroatoms. The summed E-state index contributed by atoms with van der Waals surface area (Å²) in [5.74, 6) is 0.137. The van der Waals surface area contributed by atoms with Crippen LogP contribution in [0.25, 0.3) is 0 Å². The van der Waals surface area contributed by atoms with Crippen LogP contribution in [-0.4, -0.2) is 43.5 Å². The van der Waals surface area contributed by atoms with Crippen molar-refractivity contribution in [1.29, 1.82) is 0 Å². The number of carbonyl (C=O) groups excluding carboxylic acids is 2. The summed E-state index contributed by atoms with van der Waals surface area (Å²) in [6.07, 6.45) is 2.59. The molecule has 0 aromatic rings. The van der Waals surface area contributed by atoms with E-state index in [1.165, 1.54) is 7.41 Å². The number of carbonyl (C=O) groups is 2. The van der Waals surface area contributed by atoms with Gasteiger partial charge in [0.1, 0.15) is 0 Å². The zero-order valence-corrected chi connectivity index (χ0v) is 7.82. The standard InChI is InChI=1S/C8H14BN2O2/c1-7(13)11-4-2-8(3-5-11)10-9-6-12/h6,8,10H,2-5H2,1H3. The van der Waals surface area contributed by atoms with Crippen LogP contribution in [0.4, 0.5) is 0 Å². The van der Waals surface area contributed by atoms with Crippen molar-refractivity contribution in [2.24, 2.45) is 0 Å². The topological polar surface area (TPSA) is 49.4 Å². The molecular formula is C8H14BN2O2. The minimum Gasteiger partial charge on any atom is -0.351 e. The first kappa shape index (κ1) is 10.2. The molecule has 4 nitrogen and oxygen atoms in total. The van der Waals surface area contributed by atoms with E-state index in [1.54, 1.807) is 6.92 Å². The Morgan fingerprint density at radius 1 is 1.54 bits per heavy atom. The molecule has 1 saturated heterocycles. The van der Waals surface area contributed by atoms with E-state index < -0.39 is 0 Å². The zero-order chi connectivity index (χ0) is 9.68. The Morgan fingerprint density at radius 3 is 2.62 bits per heavy atom. The molecule has 71 valence electrons. The van der Waals surface area contributed by atoms with E-state index in [2.05, 4.69) is 5.23 Å². The summed E-state index contributed by atoms with van der Waals surface area (Å²) >= 11 is 0. The molecule has 0 aromatic carbocycles. The van der Waals surface area contributed by atoms with Crippen LogP contribution in [-0.2, 0) is 9.59 Å². The second-order valence-corrected chi connectivity index (χ2v) is 3.25. The number of hydrogen-bond donors (Lipinski definition) is 1. The van der Waals surface area contributed by atoms with Crippen LogP contribution in [0, 0.1) is 0 Å². The minimum absolute atomic E-state index is 0.137. The fourth-order valence-electron chi connectivity index (χ4n) is 1.54. The summed E-state index contributed by atoms with van der Waals surface area (Å²) in [5.41, 5.74) is 0. The second kappa shape index (κ2) is 5.02. The lowest BCUT2D eigenvalue weighted by atomic mass is 9.93. The van der Waals surface area contributed by atoms with Crippen molar-refractivity contribution in [2.75, 3.05) is 13.1 Å². The van der Waals surface area contributed by atoms with Gasteiger partial charge in [0.2, 0.25) is 5.91 Å². The summed E-state index contributed by atoms with van der Waals surface area (Å²) < 4.78 is 0. The van der Waals surface area contributed by atoms with Crippen molar-refractivity contribution in [3.05, 3.63) is 0 Å². The van der Waals surface area contributed by atoms with Gasteiger partial charge in [0.05, 0.1) is 6.19 Å². The zero-order valence-electron chi connectivity index (χ0n) is 7.82. The molecule has 0 aliphatic carbocycles. The van der Waals surface area contributed by atoms with Gasteiger partial charge in [-0.15, -0.1) is 0 Å². The highest BCUT2D eigenvalue weighted by Gasteiger charge is 2.19.